The van der Waals surface area contributed by atoms with E-state index in [0.717, 1.165) is 30.8 Å². The summed E-state index contributed by atoms with van der Waals surface area (Å²) in [5, 5.41) is 4.99. The van der Waals surface area contributed by atoms with Crippen LogP contribution in [0.1, 0.15) is 61.0 Å². The maximum Gasteiger partial charge on any atom is 0.0934 e. The molecule has 2 aliphatic carbocycles. The van der Waals surface area contributed by atoms with Gasteiger partial charge in [-0.2, -0.15) is 0 Å². The Morgan fingerprint density at radius 2 is 2.06 bits per heavy atom. The number of nitrogens with one attached hydrogen (secondary N) is 1. The van der Waals surface area contributed by atoms with Gasteiger partial charge in [0.2, 0.25) is 0 Å². The fourth-order valence-electron chi connectivity index (χ4n) is 2.18. The molecule has 3 heteroatoms. The van der Waals surface area contributed by atoms with E-state index in [9.17, 15) is 0 Å². The quantitative estimate of drug-likeness (QED) is 0.836. The van der Waals surface area contributed by atoms with Crippen molar-refractivity contribution in [2.24, 2.45) is 5.92 Å². The molecule has 3 rings (SSSR count). The second-order valence-electron chi connectivity index (χ2n) is 5.94. The van der Waals surface area contributed by atoms with Crippen molar-refractivity contribution < 1.29 is 0 Å². The van der Waals surface area contributed by atoms with Gasteiger partial charge < -0.3 is 5.32 Å². The van der Waals surface area contributed by atoms with Gasteiger partial charge in [0.1, 0.15) is 0 Å². The highest BCUT2D eigenvalue weighted by Gasteiger charge is 2.30. The maximum atomic E-state index is 4.89. The lowest BCUT2D eigenvalue weighted by molar-refractivity contribution is 0.642. The van der Waals surface area contributed by atoms with Crippen LogP contribution in [0.5, 0.6) is 0 Å². The van der Waals surface area contributed by atoms with Crippen molar-refractivity contribution in [2.75, 3.05) is 0 Å². The van der Waals surface area contributed by atoms with Crippen LogP contribution in [0.3, 0.4) is 0 Å². The summed E-state index contributed by atoms with van der Waals surface area (Å²) in [4.78, 5) is 6.41. The molecule has 0 bridgehead atoms. The lowest BCUT2D eigenvalue weighted by Gasteiger charge is -2.01. The van der Waals surface area contributed by atoms with E-state index in [-0.39, 0.29) is 0 Å². The molecule has 2 saturated carbocycles. The monoisotopic (exact) mass is 250 g/mol. The van der Waals surface area contributed by atoms with Crippen molar-refractivity contribution in [2.45, 2.75) is 64.5 Å². The summed E-state index contributed by atoms with van der Waals surface area (Å²) in [7, 11) is 0. The zero-order chi connectivity index (χ0) is 11.8. The topological polar surface area (TPSA) is 24.9 Å². The Morgan fingerprint density at radius 1 is 1.29 bits per heavy atom. The molecule has 0 saturated heterocycles. The summed E-state index contributed by atoms with van der Waals surface area (Å²) < 4.78 is 0. The summed E-state index contributed by atoms with van der Waals surface area (Å²) in [6, 6.07) is 0.803. The van der Waals surface area contributed by atoms with Gasteiger partial charge >= 0.3 is 0 Å². The average molecular weight is 250 g/mol. The van der Waals surface area contributed by atoms with Gasteiger partial charge in [-0.15, -0.1) is 11.3 Å². The summed E-state index contributed by atoms with van der Waals surface area (Å²) in [5.74, 6) is 1.51. The Balaban J connectivity index is 1.70. The lowest BCUT2D eigenvalue weighted by atomic mass is 10.1. The van der Waals surface area contributed by atoms with Crippen molar-refractivity contribution >= 4 is 11.3 Å². The molecule has 1 N–H and O–H groups in total. The van der Waals surface area contributed by atoms with E-state index in [1.165, 1.54) is 41.3 Å². The number of hydrogen-bond donors (Lipinski definition) is 1. The standard InChI is InChI=1S/C14H22N2S/c1-9(2)7-13-16-14(10-3-4-10)12(17-13)8-15-11-5-6-11/h9-11,15H,3-8H2,1-2H3. The second kappa shape index (κ2) is 4.69. The molecular weight excluding hydrogens is 228 g/mol. The molecule has 17 heavy (non-hydrogen) atoms. The minimum absolute atomic E-state index is 0.720. The van der Waals surface area contributed by atoms with Crippen LogP contribution in [0.25, 0.3) is 0 Å². The molecule has 0 aliphatic heterocycles. The summed E-state index contributed by atoms with van der Waals surface area (Å²) in [6.07, 6.45) is 6.61. The molecule has 1 aromatic rings. The predicted octanol–water partition coefficient (Wildman–Crippen LogP) is 3.47. The number of thiazole rings is 1. The SMILES string of the molecule is CC(C)Cc1nc(C2CC2)c(CNC2CC2)s1. The van der Waals surface area contributed by atoms with Gasteiger partial charge in [-0.1, -0.05) is 13.8 Å². The highest BCUT2D eigenvalue weighted by molar-refractivity contribution is 7.11. The van der Waals surface area contributed by atoms with Gasteiger partial charge in [-0.05, 0) is 31.6 Å². The highest BCUT2D eigenvalue weighted by Crippen LogP contribution is 2.43. The minimum Gasteiger partial charge on any atom is -0.309 e. The molecule has 0 unspecified atom stereocenters. The smallest absolute Gasteiger partial charge is 0.0934 e. The Kier molecular flexibility index (Phi) is 3.22. The molecule has 2 fully saturated rings. The minimum atomic E-state index is 0.720. The van der Waals surface area contributed by atoms with Gasteiger partial charge in [0.15, 0.2) is 0 Å². The average Bonchev–Trinajstić information content (AvgIpc) is 3.15. The van der Waals surface area contributed by atoms with Crippen LogP contribution in [0.4, 0.5) is 0 Å². The van der Waals surface area contributed by atoms with Gasteiger partial charge in [-0.25, -0.2) is 4.98 Å². The van der Waals surface area contributed by atoms with Crippen LogP contribution in [0.15, 0.2) is 0 Å². The van der Waals surface area contributed by atoms with Crippen molar-refractivity contribution in [3.8, 4) is 0 Å². The van der Waals surface area contributed by atoms with Crippen molar-refractivity contribution in [1.82, 2.24) is 10.3 Å². The van der Waals surface area contributed by atoms with Crippen LogP contribution in [0, 0.1) is 5.92 Å². The third-order valence-electron chi connectivity index (χ3n) is 3.45. The van der Waals surface area contributed by atoms with Crippen LogP contribution < -0.4 is 5.32 Å². The molecule has 0 amide bonds. The molecular formula is C14H22N2S. The first-order chi connectivity index (χ1) is 8.22. The summed E-state index contributed by atoms with van der Waals surface area (Å²) >= 11 is 1.95. The van der Waals surface area contributed by atoms with Crippen LogP contribution in [0.2, 0.25) is 0 Å². The highest BCUT2D eigenvalue weighted by atomic mass is 32.1. The fourth-order valence-corrected chi connectivity index (χ4v) is 3.49. The molecule has 0 radical (unpaired) electrons. The Labute approximate surface area is 108 Å². The number of rotatable bonds is 6. The van der Waals surface area contributed by atoms with Crippen LogP contribution in [-0.2, 0) is 13.0 Å². The van der Waals surface area contributed by atoms with Crippen molar-refractivity contribution in [3.05, 3.63) is 15.6 Å². The van der Waals surface area contributed by atoms with E-state index in [2.05, 4.69) is 19.2 Å². The van der Waals surface area contributed by atoms with E-state index in [1.54, 1.807) is 0 Å². The number of nitrogens with zero attached hydrogens (tertiary/aromatic N) is 1. The number of aromatic nitrogens is 1. The second-order valence-corrected chi connectivity index (χ2v) is 7.11. The molecule has 2 aliphatic rings. The molecule has 0 aromatic carbocycles. The van der Waals surface area contributed by atoms with Crippen molar-refractivity contribution in [1.29, 1.82) is 0 Å². The summed E-state index contributed by atoms with van der Waals surface area (Å²) in [5.41, 5.74) is 1.43. The molecule has 1 heterocycles. The van der Waals surface area contributed by atoms with Gasteiger partial charge in [0, 0.05) is 29.8 Å². The van der Waals surface area contributed by atoms with Gasteiger partial charge in [-0.3, -0.25) is 0 Å². The van der Waals surface area contributed by atoms with E-state index in [4.69, 9.17) is 4.98 Å². The fraction of sp³-hybridized carbons (Fsp3) is 0.786. The molecule has 94 valence electrons. The van der Waals surface area contributed by atoms with Crippen LogP contribution in [-0.4, -0.2) is 11.0 Å². The molecule has 0 atom stereocenters. The van der Waals surface area contributed by atoms with Gasteiger partial charge in [0.25, 0.3) is 0 Å². The molecule has 2 nitrogen and oxygen atoms in total. The first-order valence-corrected chi connectivity index (χ1v) is 7.76. The maximum absolute atomic E-state index is 4.89. The number of hydrogen-bond acceptors (Lipinski definition) is 3. The van der Waals surface area contributed by atoms with Gasteiger partial charge in [0.05, 0.1) is 10.7 Å². The zero-order valence-corrected chi connectivity index (χ0v) is 11.6. The lowest BCUT2D eigenvalue weighted by Crippen LogP contribution is -2.15. The van der Waals surface area contributed by atoms with E-state index in [0.29, 0.717) is 0 Å². The third kappa shape index (κ3) is 3.08. The molecule has 0 spiro atoms. The third-order valence-corrected chi connectivity index (χ3v) is 4.54. The molecule has 1 aromatic heterocycles. The van der Waals surface area contributed by atoms with E-state index in [1.807, 2.05) is 11.3 Å². The van der Waals surface area contributed by atoms with Crippen LogP contribution >= 0.6 is 11.3 Å². The van der Waals surface area contributed by atoms with E-state index >= 15 is 0 Å². The zero-order valence-electron chi connectivity index (χ0n) is 10.8. The largest absolute Gasteiger partial charge is 0.309 e. The van der Waals surface area contributed by atoms with Crippen molar-refractivity contribution in [3.63, 3.8) is 0 Å². The Hall–Kier alpha value is -0.410. The van der Waals surface area contributed by atoms with E-state index < -0.39 is 0 Å². The first kappa shape index (κ1) is 11.7. The summed E-state index contributed by atoms with van der Waals surface area (Å²) in [6.45, 7) is 5.62. The Bertz CT molecular complexity index is 389. The Morgan fingerprint density at radius 3 is 2.65 bits per heavy atom. The first-order valence-electron chi connectivity index (χ1n) is 6.94. The predicted molar refractivity (Wildman–Crippen MR) is 72.5 cm³/mol. The normalized spacial score (nSPS) is 20.2.